The fourth-order valence-corrected chi connectivity index (χ4v) is 3.58. The molecule has 0 aromatic heterocycles. The van der Waals surface area contributed by atoms with E-state index in [2.05, 4.69) is 13.8 Å². The van der Waals surface area contributed by atoms with Gasteiger partial charge in [-0.3, -0.25) is 4.79 Å². The molecular formula is C13H28N4O3S. The zero-order valence-corrected chi connectivity index (χ0v) is 14.3. The summed E-state index contributed by atoms with van der Waals surface area (Å²) in [6, 6.07) is 0. The summed E-state index contributed by atoms with van der Waals surface area (Å²) >= 11 is 0. The first-order valence-corrected chi connectivity index (χ1v) is 8.76. The van der Waals surface area contributed by atoms with Crippen molar-refractivity contribution in [3.8, 4) is 0 Å². The number of amides is 1. The normalized spacial score (nSPS) is 19.3. The maximum absolute atomic E-state index is 12.4. The number of hydrogen-bond acceptors (Lipinski definition) is 4. The Balaban J connectivity index is 2.62. The third-order valence-corrected chi connectivity index (χ3v) is 5.67. The van der Waals surface area contributed by atoms with E-state index in [1.165, 1.54) is 22.7 Å². The Kier molecular flexibility index (Phi) is 6.58. The molecule has 0 spiro atoms. The van der Waals surface area contributed by atoms with Gasteiger partial charge in [-0.1, -0.05) is 13.8 Å². The van der Waals surface area contributed by atoms with Gasteiger partial charge in [-0.15, -0.1) is 0 Å². The molecule has 0 aromatic rings. The van der Waals surface area contributed by atoms with E-state index in [4.69, 9.17) is 5.73 Å². The molecule has 21 heavy (non-hydrogen) atoms. The highest BCUT2D eigenvalue weighted by Crippen LogP contribution is 2.16. The number of hydrogen-bond donors (Lipinski definition) is 1. The van der Waals surface area contributed by atoms with E-state index >= 15 is 0 Å². The van der Waals surface area contributed by atoms with Crippen molar-refractivity contribution in [2.24, 2.45) is 17.6 Å². The highest BCUT2D eigenvalue weighted by Gasteiger charge is 2.32. The zero-order valence-electron chi connectivity index (χ0n) is 13.4. The van der Waals surface area contributed by atoms with Crippen molar-refractivity contribution < 1.29 is 13.2 Å². The molecule has 0 aliphatic carbocycles. The largest absolute Gasteiger partial charge is 0.340 e. The van der Waals surface area contributed by atoms with Gasteiger partial charge >= 0.3 is 0 Å². The van der Waals surface area contributed by atoms with Crippen molar-refractivity contribution in [1.82, 2.24) is 13.5 Å². The first kappa shape index (κ1) is 18.3. The molecule has 1 saturated heterocycles. The van der Waals surface area contributed by atoms with Gasteiger partial charge in [0, 0.05) is 46.8 Å². The molecule has 124 valence electrons. The maximum atomic E-state index is 12.4. The second-order valence-corrected chi connectivity index (χ2v) is 8.22. The van der Waals surface area contributed by atoms with Crippen molar-refractivity contribution >= 4 is 16.1 Å². The van der Waals surface area contributed by atoms with E-state index < -0.39 is 10.2 Å². The van der Waals surface area contributed by atoms with Gasteiger partial charge in [-0.05, 0) is 12.3 Å². The van der Waals surface area contributed by atoms with Crippen LogP contribution in [-0.4, -0.2) is 74.7 Å². The molecule has 1 atom stereocenters. The molecule has 1 amide bonds. The molecule has 2 N–H and O–H groups in total. The lowest BCUT2D eigenvalue weighted by molar-refractivity contribution is -0.137. The second-order valence-electron chi connectivity index (χ2n) is 6.08. The molecule has 1 unspecified atom stereocenters. The number of piperazine rings is 1. The molecule has 1 aliphatic rings. The summed E-state index contributed by atoms with van der Waals surface area (Å²) in [5.41, 5.74) is 5.70. The average molecular weight is 320 g/mol. The summed E-state index contributed by atoms with van der Waals surface area (Å²) in [6.45, 7) is 6.01. The third kappa shape index (κ3) is 4.64. The van der Waals surface area contributed by atoms with Gasteiger partial charge in [0.15, 0.2) is 0 Å². The molecule has 8 heteroatoms. The van der Waals surface area contributed by atoms with E-state index in [9.17, 15) is 13.2 Å². The number of nitrogens with two attached hydrogens (primary N) is 1. The summed E-state index contributed by atoms with van der Waals surface area (Å²) < 4.78 is 26.7. The minimum absolute atomic E-state index is 0.0492. The smallest absolute Gasteiger partial charge is 0.281 e. The highest BCUT2D eigenvalue weighted by molar-refractivity contribution is 7.86. The minimum atomic E-state index is -3.39. The molecule has 1 rings (SSSR count). The lowest BCUT2D eigenvalue weighted by atomic mass is 9.95. The Morgan fingerprint density at radius 3 is 2.10 bits per heavy atom. The van der Waals surface area contributed by atoms with E-state index in [1.807, 2.05) is 0 Å². The van der Waals surface area contributed by atoms with Crippen LogP contribution in [0.2, 0.25) is 0 Å². The molecule has 1 heterocycles. The van der Waals surface area contributed by atoms with Gasteiger partial charge in [0.2, 0.25) is 5.91 Å². The lowest BCUT2D eigenvalue weighted by Gasteiger charge is -2.36. The van der Waals surface area contributed by atoms with E-state index in [0.717, 1.165) is 6.42 Å². The van der Waals surface area contributed by atoms with Crippen LogP contribution < -0.4 is 5.73 Å². The van der Waals surface area contributed by atoms with Gasteiger partial charge in [-0.2, -0.15) is 17.0 Å². The Morgan fingerprint density at radius 1 is 1.19 bits per heavy atom. The standard InChI is InChI=1S/C13H28N4O3S/c1-11(2)9-12(10-14)13(18)16-5-7-17(8-6-16)21(19,20)15(3)4/h11-12H,5-10,14H2,1-4H3. The van der Waals surface area contributed by atoms with Crippen molar-refractivity contribution in [1.29, 1.82) is 0 Å². The van der Waals surface area contributed by atoms with Crippen LogP contribution in [0.5, 0.6) is 0 Å². The van der Waals surface area contributed by atoms with Crippen LogP contribution in [-0.2, 0) is 15.0 Å². The van der Waals surface area contributed by atoms with Gasteiger partial charge in [-0.25, -0.2) is 0 Å². The molecular weight excluding hydrogens is 292 g/mol. The first-order chi connectivity index (χ1) is 9.70. The molecule has 0 saturated carbocycles. The predicted molar refractivity (Wildman–Crippen MR) is 82.8 cm³/mol. The van der Waals surface area contributed by atoms with Crippen LogP contribution in [0.25, 0.3) is 0 Å². The topological polar surface area (TPSA) is 87.0 Å². The predicted octanol–water partition coefficient (Wildman–Crippen LogP) is -0.442. The SMILES string of the molecule is CC(C)CC(CN)C(=O)N1CCN(S(=O)(=O)N(C)C)CC1. The minimum Gasteiger partial charge on any atom is -0.340 e. The Labute approximate surface area is 128 Å². The molecule has 1 aliphatic heterocycles. The van der Waals surface area contributed by atoms with E-state index in [-0.39, 0.29) is 11.8 Å². The Bertz CT molecular complexity index is 442. The van der Waals surface area contributed by atoms with Crippen LogP contribution >= 0.6 is 0 Å². The van der Waals surface area contributed by atoms with Crippen LogP contribution in [0.3, 0.4) is 0 Å². The van der Waals surface area contributed by atoms with Crippen LogP contribution in [0.1, 0.15) is 20.3 Å². The van der Waals surface area contributed by atoms with Crippen LogP contribution in [0.15, 0.2) is 0 Å². The van der Waals surface area contributed by atoms with Crippen LogP contribution in [0, 0.1) is 11.8 Å². The van der Waals surface area contributed by atoms with Gasteiger partial charge in [0.25, 0.3) is 10.2 Å². The lowest BCUT2D eigenvalue weighted by Crippen LogP contribution is -2.54. The summed E-state index contributed by atoms with van der Waals surface area (Å²) in [5.74, 6) is 0.299. The summed E-state index contributed by atoms with van der Waals surface area (Å²) in [5, 5.41) is 0. The molecule has 0 radical (unpaired) electrons. The average Bonchev–Trinajstić information content (AvgIpc) is 2.43. The van der Waals surface area contributed by atoms with E-state index in [0.29, 0.717) is 38.6 Å². The number of nitrogens with zero attached hydrogens (tertiary/aromatic N) is 3. The molecule has 0 aromatic carbocycles. The molecule has 1 fully saturated rings. The summed E-state index contributed by atoms with van der Waals surface area (Å²) in [7, 11) is -0.362. The van der Waals surface area contributed by atoms with Gasteiger partial charge in [0.05, 0.1) is 5.92 Å². The zero-order chi connectivity index (χ0) is 16.2. The maximum Gasteiger partial charge on any atom is 0.281 e. The highest BCUT2D eigenvalue weighted by atomic mass is 32.2. The van der Waals surface area contributed by atoms with Gasteiger partial charge < -0.3 is 10.6 Å². The van der Waals surface area contributed by atoms with Gasteiger partial charge in [0.1, 0.15) is 0 Å². The molecule has 7 nitrogen and oxygen atoms in total. The van der Waals surface area contributed by atoms with Crippen molar-refractivity contribution in [3.63, 3.8) is 0 Å². The van der Waals surface area contributed by atoms with Crippen molar-refractivity contribution in [3.05, 3.63) is 0 Å². The van der Waals surface area contributed by atoms with E-state index in [1.54, 1.807) is 4.90 Å². The molecule has 0 bridgehead atoms. The third-order valence-electron chi connectivity index (χ3n) is 3.73. The monoisotopic (exact) mass is 320 g/mol. The second kappa shape index (κ2) is 7.53. The van der Waals surface area contributed by atoms with Crippen LogP contribution in [0.4, 0.5) is 0 Å². The van der Waals surface area contributed by atoms with Crippen molar-refractivity contribution in [2.45, 2.75) is 20.3 Å². The number of carbonyl (C=O) groups is 1. The summed E-state index contributed by atoms with van der Waals surface area (Å²) in [6.07, 6.45) is 0.769. The fraction of sp³-hybridized carbons (Fsp3) is 0.923. The first-order valence-electron chi connectivity index (χ1n) is 7.36. The van der Waals surface area contributed by atoms with Crippen molar-refractivity contribution in [2.75, 3.05) is 46.8 Å². The fourth-order valence-electron chi connectivity index (χ4n) is 2.50. The Morgan fingerprint density at radius 2 is 1.71 bits per heavy atom. The summed E-state index contributed by atoms with van der Waals surface area (Å²) in [4.78, 5) is 14.2. The Hall–Kier alpha value is -0.700. The quantitative estimate of drug-likeness (QED) is 0.719. The number of carbonyl (C=O) groups excluding carboxylic acids is 1. The number of rotatable bonds is 6.